The molecular formula is C16H23F3N2O. The topological polar surface area (TPSA) is 32.3 Å². The number of halogens is 3. The van der Waals surface area contributed by atoms with Crippen molar-refractivity contribution in [1.29, 1.82) is 0 Å². The summed E-state index contributed by atoms with van der Waals surface area (Å²) in [6, 6.07) is 4.79. The van der Waals surface area contributed by atoms with Crippen LogP contribution in [0.3, 0.4) is 0 Å². The van der Waals surface area contributed by atoms with Crippen molar-refractivity contribution in [3.05, 3.63) is 29.8 Å². The summed E-state index contributed by atoms with van der Waals surface area (Å²) in [4.78, 5) is 13.9. The molecule has 6 heteroatoms. The van der Waals surface area contributed by atoms with Crippen LogP contribution in [0.15, 0.2) is 24.3 Å². The Balaban J connectivity index is 2.70. The zero-order valence-electron chi connectivity index (χ0n) is 13.6. The maximum atomic E-state index is 12.6. The quantitative estimate of drug-likeness (QED) is 0.910. The molecule has 1 atom stereocenters. The van der Waals surface area contributed by atoms with Crippen molar-refractivity contribution in [2.45, 2.75) is 39.9 Å². The van der Waals surface area contributed by atoms with E-state index in [9.17, 15) is 18.0 Å². The first-order valence-electron chi connectivity index (χ1n) is 7.08. The zero-order valence-corrected chi connectivity index (χ0v) is 13.6. The fourth-order valence-electron chi connectivity index (χ4n) is 2.00. The van der Waals surface area contributed by atoms with Crippen LogP contribution in [0.2, 0.25) is 0 Å². The number of hydrogen-bond donors (Lipinski definition) is 1. The van der Waals surface area contributed by atoms with E-state index in [2.05, 4.69) is 26.1 Å². The number of carbonyl (C=O) groups is 1. The largest absolute Gasteiger partial charge is 0.416 e. The molecule has 0 aliphatic rings. The summed E-state index contributed by atoms with van der Waals surface area (Å²) in [6.07, 6.45) is -4.42. The van der Waals surface area contributed by atoms with Crippen LogP contribution in [0.1, 0.15) is 33.3 Å². The summed E-state index contributed by atoms with van der Waals surface area (Å²) < 4.78 is 37.9. The maximum absolute atomic E-state index is 12.6. The highest BCUT2D eigenvalue weighted by Gasteiger charge is 2.30. The highest BCUT2D eigenvalue weighted by Crippen LogP contribution is 2.30. The number of likely N-dealkylation sites (N-methyl/N-ethyl adjacent to an activating group) is 1. The van der Waals surface area contributed by atoms with Gasteiger partial charge in [-0.1, -0.05) is 26.8 Å². The van der Waals surface area contributed by atoms with Crippen LogP contribution in [0, 0.1) is 5.41 Å². The van der Waals surface area contributed by atoms with Crippen LogP contribution < -0.4 is 5.32 Å². The van der Waals surface area contributed by atoms with Gasteiger partial charge in [0.05, 0.1) is 12.1 Å². The lowest BCUT2D eigenvalue weighted by atomic mass is 9.87. The number of carbonyl (C=O) groups excluding carboxylic acids is 1. The van der Waals surface area contributed by atoms with Gasteiger partial charge in [-0.3, -0.25) is 9.69 Å². The van der Waals surface area contributed by atoms with Crippen LogP contribution in [0.25, 0.3) is 0 Å². The first-order chi connectivity index (χ1) is 9.91. The molecule has 1 amide bonds. The van der Waals surface area contributed by atoms with Gasteiger partial charge in [-0.25, -0.2) is 0 Å². The molecule has 0 bridgehead atoms. The molecule has 0 saturated carbocycles. The number of anilines is 1. The van der Waals surface area contributed by atoms with Gasteiger partial charge in [0.2, 0.25) is 5.91 Å². The van der Waals surface area contributed by atoms with Crippen molar-refractivity contribution in [2.75, 3.05) is 18.9 Å². The first kappa shape index (κ1) is 18.5. The van der Waals surface area contributed by atoms with E-state index < -0.39 is 11.7 Å². The fraction of sp³-hybridized carbons (Fsp3) is 0.562. The van der Waals surface area contributed by atoms with Gasteiger partial charge in [0.1, 0.15) is 0 Å². The molecule has 1 N–H and O–H groups in total. The Kier molecular flexibility index (Phi) is 5.62. The number of nitrogens with one attached hydrogen (secondary N) is 1. The van der Waals surface area contributed by atoms with Gasteiger partial charge < -0.3 is 5.32 Å². The number of nitrogens with zero attached hydrogens (tertiary/aromatic N) is 1. The Morgan fingerprint density at radius 1 is 1.27 bits per heavy atom. The molecule has 124 valence electrons. The second-order valence-corrected chi connectivity index (χ2v) is 6.58. The smallest absolute Gasteiger partial charge is 0.325 e. The third kappa shape index (κ3) is 5.33. The third-order valence-electron chi connectivity index (χ3n) is 3.78. The number of alkyl halides is 3. The van der Waals surface area contributed by atoms with Crippen LogP contribution >= 0.6 is 0 Å². The number of rotatable bonds is 4. The Labute approximate surface area is 129 Å². The maximum Gasteiger partial charge on any atom is 0.416 e. The van der Waals surface area contributed by atoms with Crippen molar-refractivity contribution >= 4 is 11.6 Å². The van der Waals surface area contributed by atoms with Gasteiger partial charge in [0.15, 0.2) is 0 Å². The summed E-state index contributed by atoms with van der Waals surface area (Å²) in [7, 11) is 1.82. The number of benzene rings is 1. The molecule has 0 aliphatic carbocycles. The lowest BCUT2D eigenvalue weighted by Gasteiger charge is -2.34. The van der Waals surface area contributed by atoms with E-state index in [1.165, 1.54) is 12.1 Å². The molecule has 1 unspecified atom stereocenters. The van der Waals surface area contributed by atoms with Crippen LogP contribution in [-0.2, 0) is 11.0 Å². The fourth-order valence-corrected chi connectivity index (χ4v) is 2.00. The second-order valence-electron chi connectivity index (χ2n) is 6.58. The minimum atomic E-state index is -4.42. The molecule has 0 heterocycles. The molecular weight excluding hydrogens is 293 g/mol. The molecule has 1 rings (SSSR count). The van der Waals surface area contributed by atoms with Crippen molar-refractivity contribution in [2.24, 2.45) is 5.41 Å². The minimum Gasteiger partial charge on any atom is -0.325 e. The Morgan fingerprint density at radius 2 is 1.86 bits per heavy atom. The number of hydrogen-bond acceptors (Lipinski definition) is 2. The summed E-state index contributed by atoms with van der Waals surface area (Å²) in [5, 5.41) is 2.51. The molecule has 0 aromatic heterocycles. The van der Waals surface area contributed by atoms with Gasteiger partial charge in [-0.15, -0.1) is 0 Å². The van der Waals surface area contributed by atoms with E-state index in [1.54, 1.807) is 0 Å². The van der Waals surface area contributed by atoms with E-state index in [-0.39, 0.29) is 29.6 Å². The van der Waals surface area contributed by atoms with Crippen LogP contribution in [0.5, 0.6) is 0 Å². The predicted molar refractivity (Wildman–Crippen MR) is 81.6 cm³/mol. The van der Waals surface area contributed by atoms with Crippen molar-refractivity contribution in [1.82, 2.24) is 4.90 Å². The Hall–Kier alpha value is -1.56. The van der Waals surface area contributed by atoms with Gasteiger partial charge in [0.25, 0.3) is 0 Å². The predicted octanol–water partition coefficient (Wildman–Crippen LogP) is 4.01. The zero-order chi connectivity index (χ0) is 17.1. The summed E-state index contributed by atoms with van der Waals surface area (Å²) in [5.41, 5.74) is -0.621. The van der Waals surface area contributed by atoms with E-state index in [0.717, 1.165) is 12.1 Å². The lowest BCUT2D eigenvalue weighted by Crippen LogP contribution is -2.43. The van der Waals surface area contributed by atoms with Crippen molar-refractivity contribution in [3.8, 4) is 0 Å². The van der Waals surface area contributed by atoms with Crippen molar-refractivity contribution in [3.63, 3.8) is 0 Å². The van der Waals surface area contributed by atoms with Crippen molar-refractivity contribution < 1.29 is 18.0 Å². The highest BCUT2D eigenvalue weighted by atomic mass is 19.4. The molecule has 1 aromatic carbocycles. The lowest BCUT2D eigenvalue weighted by molar-refractivity contribution is -0.137. The SMILES string of the molecule is CC(N(C)CC(=O)Nc1cccc(C(F)(F)F)c1)C(C)(C)C. The second kappa shape index (κ2) is 6.69. The Morgan fingerprint density at radius 3 is 2.36 bits per heavy atom. The molecule has 1 aromatic rings. The molecule has 0 spiro atoms. The van der Waals surface area contributed by atoms with Gasteiger partial charge in [-0.2, -0.15) is 13.2 Å². The molecule has 0 fully saturated rings. The van der Waals surface area contributed by atoms with E-state index in [4.69, 9.17) is 0 Å². The summed E-state index contributed by atoms with van der Waals surface area (Å²) in [6.45, 7) is 8.34. The van der Waals surface area contributed by atoms with Crippen LogP contribution in [-0.4, -0.2) is 30.4 Å². The average molecular weight is 316 g/mol. The highest BCUT2D eigenvalue weighted by molar-refractivity contribution is 5.92. The monoisotopic (exact) mass is 316 g/mol. The van der Waals surface area contributed by atoms with E-state index in [0.29, 0.717) is 0 Å². The Bertz CT molecular complexity index is 521. The molecule has 0 radical (unpaired) electrons. The standard InChI is InChI=1S/C16H23F3N2O/c1-11(15(2,3)4)21(5)10-14(22)20-13-8-6-7-12(9-13)16(17,18)19/h6-9,11H,10H2,1-5H3,(H,20,22). The average Bonchev–Trinajstić information content (AvgIpc) is 2.35. The normalized spacial score (nSPS) is 14.0. The van der Waals surface area contributed by atoms with Gasteiger partial charge in [-0.05, 0) is 37.6 Å². The summed E-state index contributed by atoms with van der Waals surface area (Å²) >= 11 is 0. The number of amides is 1. The van der Waals surface area contributed by atoms with Gasteiger partial charge in [0, 0.05) is 11.7 Å². The van der Waals surface area contributed by atoms with E-state index in [1.807, 2.05) is 18.9 Å². The van der Waals surface area contributed by atoms with Gasteiger partial charge >= 0.3 is 6.18 Å². The molecule has 0 aliphatic heterocycles. The van der Waals surface area contributed by atoms with Crippen LogP contribution in [0.4, 0.5) is 18.9 Å². The van der Waals surface area contributed by atoms with E-state index >= 15 is 0 Å². The third-order valence-corrected chi connectivity index (χ3v) is 3.78. The molecule has 0 saturated heterocycles. The summed E-state index contributed by atoms with van der Waals surface area (Å²) in [5.74, 6) is -0.335. The minimum absolute atomic E-state index is 0.00519. The molecule has 3 nitrogen and oxygen atoms in total. The molecule has 22 heavy (non-hydrogen) atoms. The first-order valence-corrected chi connectivity index (χ1v) is 7.08.